The van der Waals surface area contributed by atoms with Gasteiger partial charge in [0.05, 0.1) is 5.92 Å². The van der Waals surface area contributed by atoms with Crippen molar-refractivity contribution >= 4 is 11.9 Å². The molecule has 3 amide bonds. The zero-order valence-electron chi connectivity index (χ0n) is 15.2. The van der Waals surface area contributed by atoms with E-state index in [4.69, 9.17) is 0 Å². The zero-order valence-corrected chi connectivity index (χ0v) is 15.2. The molecular weight excluding hydrogens is 321 g/mol. The SMILES string of the molecule is CCNC(=O)N1C[C@H](C(=O)NCCC(C)C)[C@H](c2ccc(F)cc2)C1. The highest BCUT2D eigenvalue weighted by Crippen LogP contribution is 2.33. The number of amides is 3. The Morgan fingerprint density at radius 1 is 1.20 bits per heavy atom. The van der Waals surface area contributed by atoms with Crippen LogP contribution in [-0.2, 0) is 4.79 Å². The molecule has 1 saturated heterocycles. The topological polar surface area (TPSA) is 61.4 Å². The lowest BCUT2D eigenvalue weighted by atomic mass is 9.88. The largest absolute Gasteiger partial charge is 0.356 e. The average Bonchev–Trinajstić information content (AvgIpc) is 3.01. The van der Waals surface area contributed by atoms with Crippen LogP contribution in [0.5, 0.6) is 0 Å². The van der Waals surface area contributed by atoms with E-state index in [1.807, 2.05) is 6.92 Å². The van der Waals surface area contributed by atoms with E-state index in [0.717, 1.165) is 12.0 Å². The van der Waals surface area contributed by atoms with Gasteiger partial charge in [-0.2, -0.15) is 0 Å². The molecule has 25 heavy (non-hydrogen) atoms. The number of rotatable bonds is 6. The Labute approximate surface area is 149 Å². The first kappa shape index (κ1) is 19.2. The second kappa shape index (κ2) is 8.83. The summed E-state index contributed by atoms with van der Waals surface area (Å²) >= 11 is 0. The summed E-state index contributed by atoms with van der Waals surface area (Å²) < 4.78 is 13.2. The van der Waals surface area contributed by atoms with Gasteiger partial charge >= 0.3 is 6.03 Å². The van der Waals surface area contributed by atoms with Crippen molar-refractivity contribution in [1.82, 2.24) is 15.5 Å². The van der Waals surface area contributed by atoms with Crippen LogP contribution in [0.3, 0.4) is 0 Å². The van der Waals surface area contributed by atoms with E-state index in [2.05, 4.69) is 24.5 Å². The normalized spacial score (nSPS) is 20.0. The minimum Gasteiger partial charge on any atom is -0.356 e. The molecule has 0 aliphatic carbocycles. The number of carbonyl (C=O) groups is 2. The van der Waals surface area contributed by atoms with Gasteiger partial charge in [-0.05, 0) is 37.0 Å². The Morgan fingerprint density at radius 3 is 2.48 bits per heavy atom. The molecule has 1 aromatic rings. The Morgan fingerprint density at radius 2 is 1.88 bits per heavy atom. The van der Waals surface area contributed by atoms with Gasteiger partial charge in [0.15, 0.2) is 0 Å². The van der Waals surface area contributed by atoms with Gasteiger partial charge in [0.2, 0.25) is 5.91 Å². The Bertz CT molecular complexity index is 589. The van der Waals surface area contributed by atoms with Crippen LogP contribution < -0.4 is 10.6 Å². The van der Waals surface area contributed by atoms with Gasteiger partial charge in [-0.3, -0.25) is 4.79 Å². The van der Waals surface area contributed by atoms with E-state index in [9.17, 15) is 14.0 Å². The summed E-state index contributed by atoms with van der Waals surface area (Å²) in [6.07, 6.45) is 0.916. The molecule has 0 spiro atoms. The molecule has 5 nitrogen and oxygen atoms in total. The number of hydrogen-bond donors (Lipinski definition) is 2. The van der Waals surface area contributed by atoms with Crippen LogP contribution in [0.25, 0.3) is 0 Å². The molecule has 1 aliphatic rings. The third-order valence-corrected chi connectivity index (χ3v) is 4.59. The predicted octanol–water partition coefficient (Wildman–Crippen LogP) is 2.73. The maximum atomic E-state index is 13.2. The molecule has 6 heteroatoms. The molecule has 1 heterocycles. The second-order valence-electron chi connectivity index (χ2n) is 6.98. The maximum Gasteiger partial charge on any atom is 0.317 e. The number of nitrogens with zero attached hydrogens (tertiary/aromatic N) is 1. The van der Waals surface area contributed by atoms with Gasteiger partial charge in [-0.15, -0.1) is 0 Å². The number of carbonyl (C=O) groups excluding carboxylic acids is 2. The van der Waals surface area contributed by atoms with Crippen molar-refractivity contribution in [1.29, 1.82) is 0 Å². The average molecular weight is 349 g/mol. The summed E-state index contributed by atoms with van der Waals surface area (Å²) in [7, 11) is 0. The summed E-state index contributed by atoms with van der Waals surface area (Å²) in [5, 5.41) is 5.77. The fourth-order valence-electron chi connectivity index (χ4n) is 3.16. The fourth-order valence-corrected chi connectivity index (χ4v) is 3.16. The van der Waals surface area contributed by atoms with Crippen LogP contribution >= 0.6 is 0 Å². The highest BCUT2D eigenvalue weighted by molar-refractivity contribution is 5.82. The van der Waals surface area contributed by atoms with E-state index in [1.54, 1.807) is 17.0 Å². The van der Waals surface area contributed by atoms with Crippen LogP contribution in [0.15, 0.2) is 24.3 Å². The van der Waals surface area contributed by atoms with E-state index < -0.39 is 0 Å². The molecule has 1 aromatic carbocycles. The lowest BCUT2D eigenvalue weighted by Gasteiger charge is -2.18. The molecule has 0 unspecified atom stereocenters. The molecule has 0 aromatic heterocycles. The first-order valence-corrected chi connectivity index (χ1v) is 8.98. The smallest absolute Gasteiger partial charge is 0.317 e. The van der Waals surface area contributed by atoms with E-state index in [-0.39, 0.29) is 29.6 Å². The van der Waals surface area contributed by atoms with Crippen molar-refractivity contribution in [2.75, 3.05) is 26.2 Å². The van der Waals surface area contributed by atoms with Gasteiger partial charge in [-0.1, -0.05) is 26.0 Å². The fraction of sp³-hybridized carbons (Fsp3) is 0.579. The molecule has 1 aliphatic heterocycles. The van der Waals surface area contributed by atoms with Crippen LogP contribution in [-0.4, -0.2) is 43.0 Å². The molecule has 2 rings (SSSR count). The Hall–Kier alpha value is -2.11. The van der Waals surface area contributed by atoms with Crippen LogP contribution in [0.4, 0.5) is 9.18 Å². The quantitative estimate of drug-likeness (QED) is 0.829. The summed E-state index contributed by atoms with van der Waals surface area (Å²) in [6, 6.07) is 6.05. The van der Waals surface area contributed by atoms with Crippen molar-refractivity contribution in [3.8, 4) is 0 Å². The molecule has 138 valence electrons. The monoisotopic (exact) mass is 349 g/mol. The van der Waals surface area contributed by atoms with Crippen LogP contribution in [0.2, 0.25) is 0 Å². The number of urea groups is 1. The number of nitrogens with one attached hydrogen (secondary N) is 2. The second-order valence-corrected chi connectivity index (χ2v) is 6.98. The zero-order chi connectivity index (χ0) is 18.4. The van der Waals surface area contributed by atoms with Crippen LogP contribution in [0.1, 0.15) is 38.7 Å². The summed E-state index contributed by atoms with van der Waals surface area (Å²) in [6.45, 7) is 8.09. The minimum atomic E-state index is -0.319. The molecule has 0 bridgehead atoms. The molecule has 2 N–H and O–H groups in total. The lowest BCUT2D eigenvalue weighted by molar-refractivity contribution is -0.124. The molecular formula is C19H28FN3O2. The van der Waals surface area contributed by atoms with E-state index in [1.165, 1.54) is 12.1 Å². The van der Waals surface area contributed by atoms with E-state index in [0.29, 0.717) is 32.1 Å². The molecule has 2 atom stereocenters. The van der Waals surface area contributed by atoms with E-state index >= 15 is 0 Å². The number of benzene rings is 1. The molecule has 0 radical (unpaired) electrons. The van der Waals surface area contributed by atoms with Gasteiger partial charge in [0.25, 0.3) is 0 Å². The standard InChI is InChI=1S/C19H28FN3O2/c1-4-21-19(25)23-11-16(14-5-7-15(20)8-6-14)17(12-23)18(24)22-10-9-13(2)3/h5-8,13,16-17H,4,9-12H2,1-3H3,(H,21,25)(H,22,24)/t16-,17-/m0/s1. The molecule has 0 saturated carbocycles. The summed E-state index contributed by atoms with van der Waals surface area (Å²) in [5.41, 5.74) is 0.886. The summed E-state index contributed by atoms with van der Waals surface area (Å²) in [4.78, 5) is 26.5. The van der Waals surface area contributed by atoms with Crippen molar-refractivity contribution in [2.45, 2.75) is 33.1 Å². The third kappa shape index (κ3) is 5.18. The number of likely N-dealkylation sites (tertiary alicyclic amines) is 1. The van der Waals surface area contributed by atoms with Gasteiger partial charge in [0.1, 0.15) is 5.82 Å². The van der Waals surface area contributed by atoms with Crippen molar-refractivity contribution < 1.29 is 14.0 Å². The summed E-state index contributed by atoms with van der Waals surface area (Å²) in [5.74, 6) is -0.270. The lowest BCUT2D eigenvalue weighted by Crippen LogP contribution is -2.40. The van der Waals surface area contributed by atoms with Crippen molar-refractivity contribution in [3.05, 3.63) is 35.6 Å². The highest BCUT2D eigenvalue weighted by Gasteiger charge is 2.40. The Kier molecular flexibility index (Phi) is 6.79. The predicted molar refractivity (Wildman–Crippen MR) is 95.7 cm³/mol. The van der Waals surface area contributed by atoms with Gasteiger partial charge in [-0.25, -0.2) is 9.18 Å². The number of halogens is 1. The van der Waals surface area contributed by atoms with Gasteiger partial charge < -0.3 is 15.5 Å². The van der Waals surface area contributed by atoms with Crippen molar-refractivity contribution in [3.63, 3.8) is 0 Å². The first-order chi connectivity index (χ1) is 11.9. The minimum absolute atomic E-state index is 0.0400. The highest BCUT2D eigenvalue weighted by atomic mass is 19.1. The van der Waals surface area contributed by atoms with Gasteiger partial charge in [0, 0.05) is 32.1 Å². The maximum absolute atomic E-state index is 13.2. The third-order valence-electron chi connectivity index (χ3n) is 4.59. The van der Waals surface area contributed by atoms with Crippen molar-refractivity contribution in [2.24, 2.45) is 11.8 Å². The number of hydrogen-bond acceptors (Lipinski definition) is 2. The first-order valence-electron chi connectivity index (χ1n) is 8.98. The Balaban J connectivity index is 2.12. The molecule has 1 fully saturated rings. The van der Waals surface area contributed by atoms with Crippen LogP contribution in [0, 0.1) is 17.7 Å².